The lowest BCUT2D eigenvalue weighted by Crippen LogP contribution is -2.37. The van der Waals surface area contributed by atoms with Gasteiger partial charge in [0.15, 0.2) is 0 Å². The maximum atomic E-state index is 9.30. The van der Waals surface area contributed by atoms with Crippen molar-refractivity contribution in [3.63, 3.8) is 0 Å². The molecule has 0 atom stereocenters. The Morgan fingerprint density at radius 1 is 1.14 bits per heavy atom. The SMILES string of the molecule is Oc1ccc(CN2CCC(Oc3cccnc3)CC2)cc1. The van der Waals surface area contributed by atoms with Gasteiger partial charge in [0.05, 0.1) is 6.20 Å². The summed E-state index contributed by atoms with van der Waals surface area (Å²) in [6.45, 7) is 3.00. The second-order valence-corrected chi connectivity index (χ2v) is 5.45. The van der Waals surface area contributed by atoms with Gasteiger partial charge in [0.1, 0.15) is 17.6 Å². The Balaban J connectivity index is 1.47. The maximum absolute atomic E-state index is 9.30. The first-order valence-corrected chi connectivity index (χ1v) is 7.36. The monoisotopic (exact) mass is 284 g/mol. The van der Waals surface area contributed by atoms with Gasteiger partial charge in [-0.05, 0) is 42.7 Å². The molecule has 21 heavy (non-hydrogen) atoms. The van der Waals surface area contributed by atoms with Gasteiger partial charge < -0.3 is 9.84 Å². The van der Waals surface area contributed by atoms with E-state index in [9.17, 15) is 5.11 Å². The van der Waals surface area contributed by atoms with Gasteiger partial charge in [0.2, 0.25) is 0 Å². The van der Waals surface area contributed by atoms with Crippen LogP contribution >= 0.6 is 0 Å². The smallest absolute Gasteiger partial charge is 0.137 e. The van der Waals surface area contributed by atoms with E-state index in [0.717, 1.165) is 38.2 Å². The largest absolute Gasteiger partial charge is 0.508 e. The van der Waals surface area contributed by atoms with E-state index in [1.165, 1.54) is 5.56 Å². The molecule has 1 aromatic heterocycles. The maximum Gasteiger partial charge on any atom is 0.137 e. The van der Waals surface area contributed by atoms with Crippen LogP contribution in [0.5, 0.6) is 11.5 Å². The van der Waals surface area contributed by atoms with Crippen LogP contribution < -0.4 is 4.74 Å². The van der Waals surface area contributed by atoms with E-state index >= 15 is 0 Å². The first-order chi connectivity index (χ1) is 10.3. The Hall–Kier alpha value is -2.07. The quantitative estimate of drug-likeness (QED) is 0.937. The Morgan fingerprint density at radius 2 is 1.90 bits per heavy atom. The van der Waals surface area contributed by atoms with E-state index in [1.54, 1.807) is 24.5 Å². The molecule has 0 unspecified atom stereocenters. The highest BCUT2D eigenvalue weighted by atomic mass is 16.5. The average molecular weight is 284 g/mol. The van der Waals surface area contributed by atoms with E-state index in [1.807, 2.05) is 24.3 Å². The van der Waals surface area contributed by atoms with E-state index < -0.39 is 0 Å². The molecule has 0 amide bonds. The normalized spacial score (nSPS) is 16.8. The number of likely N-dealkylation sites (tertiary alicyclic amines) is 1. The van der Waals surface area contributed by atoms with Gasteiger partial charge in [-0.15, -0.1) is 0 Å². The second kappa shape index (κ2) is 6.59. The molecule has 1 aromatic carbocycles. The highest BCUT2D eigenvalue weighted by Crippen LogP contribution is 2.20. The number of benzene rings is 1. The summed E-state index contributed by atoms with van der Waals surface area (Å²) in [5.74, 6) is 1.18. The minimum absolute atomic E-state index is 0.283. The summed E-state index contributed by atoms with van der Waals surface area (Å²) >= 11 is 0. The highest BCUT2D eigenvalue weighted by molar-refractivity contribution is 5.25. The number of hydrogen-bond donors (Lipinski definition) is 1. The number of hydrogen-bond acceptors (Lipinski definition) is 4. The Bertz CT molecular complexity index is 549. The molecule has 110 valence electrons. The Labute approximate surface area is 125 Å². The van der Waals surface area contributed by atoms with Crippen molar-refractivity contribution in [2.45, 2.75) is 25.5 Å². The third-order valence-electron chi connectivity index (χ3n) is 3.81. The molecule has 4 nitrogen and oxygen atoms in total. The van der Waals surface area contributed by atoms with Crippen molar-refractivity contribution in [3.05, 3.63) is 54.4 Å². The lowest BCUT2D eigenvalue weighted by atomic mass is 10.1. The second-order valence-electron chi connectivity index (χ2n) is 5.45. The van der Waals surface area contributed by atoms with Crippen molar-refractivity contribution >= 4 is 0 Å². The van der Waals surface area contributed by atoms with Crippen LogP contribution in [0.15, 0.2) is 48.8 Å². The van der Waals surface area contributed by atoms with E-state index in [2.05, 4.69) is 9.88 Å². The summed E-state index contributed by atoms with van der Waals surface area (Å²) in [5, 5.41) is 9.30. The fourth-order valence-corrected chi connectivity index (χ4v) is 2.65. The number of pyridine rings is 1. The van der Waals surface area contributed by atoms with Crippen molar-refractivity contribution in [2.24, 2.45) is 0 Å². The number of rotatable bonds is 4. The molecule has 1 fully saturated rings. The van der Waals surface area contributed by atoms with Crippen LogP contribution in [-0.4, -0.2) is 34.2 Å². The third kappa shape index (κ3) is 3.95. The van der Waals surface area contributed by atoms with Crippen LogP contribution in [0.2, 0.25) is 0 Å². The molecule has 1 aliphatic rings. The molecule has 3 rings (SSSR count). The zero-order chi connectivity index (χ0) is 14.5. The molecule has 0 saturated carbocycles. The zero-order valence-corrected chi connectivity index (χ0v) is 12.0. The topological polar surface area (TPSA) is 45.6 Å². The molecule has 1 N–H and O–H groups in total. The average Bonchev–Trinajstić information content (AvgIpc) is 2.53. The Kier molecular flexibility index (Phi) is 4.36. The number of aromatic hydroxyl groups is 1. The van der Waals surface area contributed by atoms with Gasteiger partial charge in [-0.3, -0.25) is 9.88 Å². The van der Waals surface area contributed by atoms with Crippen LogP contribution in [0.25, 0.3) is 0 Å². The van der Waals surface area contributed by atoms with Crippen LogP contribution in [0.3, 0.4) is 0 Å². The van der Waals surface area contributed by atoms with E-state index in [0.29, 0.717) is 5.75 Å². The molecule has 0 bridgehead atoms. The van der Waals surface area contributed by atoms with Crippen molar-refractivity contribution < 1.29 is 9.84 Å². The fourth-order valence-electron chi connectivity index (χ4n) is 2.65. The predicted octanol–water partition coefficient (Wildman–Crippen LogP) is 2.83. The fraction of sp³-hybridized carbons (Fsp3) is 0.353. The lowest BCUT2D eigenvalue weighted by molar-refractivity contribution is 0.0965. The number of piperidine rings is 1. The van der Waals surface area contributed by atoms with Gasteiger partial charge >= 0.3 is 0 Å². The van der Waals surface area contributed by atoms with Crippen molar-refractivity contribution in [1.29, 1.82) is 0 Å². The van der Waals surface area contributed by atoms with E-state index in [4.69, 9.17) is 4.74 Å². The van der Waals surface area contributed by atoms with Crippen LogP contribution in [0, 0.1) is 0 Å². The lowest BCUT2D eigenvalue weighted by Gasteiger charge is -2.32. The summed E-state index contributed by atoms with van der Waals surface area (Å²) in [6, 6.07) is 11.3. The van der Waals surface area contributed by atoms with E-state index in [-0.39, 0.29) is 6.10 Å². The van der Waals surface area contributed by atoms with Gasteiger partial charge in [-0.25, -0.2) is 0 Å². The molecule has 2 aromatic rings. The first kappa shape index (κ1) is 13.9. The summed E-state index contributed by atoms with van der Waals surface area (Å²) in [4.78, 5) is 6.50. The van der Waals surface area contributed by atoms with Crippen molar-refractivity contribution in [1.82, 2.24) is 9.88 Å². The highest BCUT2D eigenvalue weighted by Gasteiger charge is 2.20. The predicted molar refractivity (Wildman–Crippen MR) is 81.3 cm³/mol. The summed E-state index contributed by atoms with van der Waals surface area (Å²) in [5.41, 5.74) is 1.24. The molecule has 1 aliphatic heterocycles. The van der Waals surface area contributed by atoms with Gasteiger partial charge in [-0.1, -0.05) is 12.1 Å². The molecular weight excluding hydrogens is 264 g/mol. The van der Waals surface area contributed by atoms with Crippen LogP contribution in [0.1, 0.15) is 18.4 Å². The van der Waals surface area contributed by atoms with Gasteiger partial charge in [0, 0.05) is 25.8 Å². The minimum atomic E-state index is 0.283. The summed E-state index contributed by atoms with van der Waals surface area (Å²) in [7, 11) is 0. The van der Waals surface area contributed by atoms with Gasteiger partial charge in [0.25, 0.3) is 0 Å². The summed E-state index contributed by atoms with van der Waals surface area (Å²) in [6.07, 6.45) is 5.88. The number of phenols is 1. The molecule has 0 aliphatic carbocycles. The first-order valence-electron chi connectivity index (χ1n) is 7.36. The number of aromatic nitrogens is 1. The van der Waals surface area contributed by atoms with Crippen molar-refractivity contribution in [3.8, 4) is 11.5 Å². The molecule has 1 saturated heterocycles. The molecule has 0 radical (unpaired) electrons. The van der Waals surface area contributed by atoms with Crippen LogP contribution in [-0.2, 0) is 6.54 Å². The number of phenolic OH excluding ortho intramolecular Hbond substituents is 1. The Morgan fingerprint density at radius 3 is 2.57 bits per heavy atom. The van der Waals surface area contributed by atoms with Crippen LogP contribution in [0.4, 0.5) is 0 Å². The standard InChI is InChI=1S/C17H20N2O2/c20-15-5-3-14(4-6-15)13-19-10-7-16(8-11-19)21-17-2-1-9-18-12-17/h1-6,9,12,16,20H,7-8,10-11,13H2. The molecule has 0 spiro atoms. The molecule has 4 heteroatoms. The van der Waals surface area contributed by atoms with Gasteiger partial charge in [-0.2, -0.15) is 0 Å². The zero-order valence-electron chi connectivity index (χ0n) is 12.0. The molecule has 2 heterocycles. The summed E-state index contributed by atoms with van der Waals surface area (Å²) < 4.78 is 5.95. The minimum Gasteiger partial charge on any atom is -0.508 e. The third-order valence-corrected chi connectivity index (χ3v) is 3.81. The number of nitrogens with zero attached hydrogens (tertiary/aromatic N) is 2. The van der Waals surface area contributed by atoms with Crippen molar-refractivity contribution in [2.75, 3.05) is 13.1 Å². The molecular formula is C17H20N2O2. The number of ether oxygens (including phenoxy) is 1.